The number of carbonyl (C=O) groups is 2. The van der Waals surface area contributed by atoms with Gasteiger partial charge in [0.1, 0.15) is 12.2 Å². The van der Waals surface area contributed by atoms with Crippen molar-refractivity contribution < 1.29 is 44.2 Å². The molecule has 0 saturated carbocycles. The van der Waals surface area contributed by atoms with Crippen molar-refractivity contribution in [1.29, 1.82) is 0 Å². The smallest absolute Gasteiger partial charge is 0.308 e. The molecule has 0 bridgehead atoms. The van der Waals surface area contributed by atoms with Crippen LogP contribution in [0, 0.1) is 23.7 Å². The van der Waals surface area contributed by atoms with Crippen LogP contribution in [0.5, 0.6) is 0 Å². The molecule has 324 valence electrons. The van der Waals surface area contributed by atoms with Crippen LogP contribution in [0.25, 0.3) is 16.5 Å². The Hall–Kier alpha value is -3.93. The molecule has 3 aromatic rings. The average Bonchev–Trinajstić information content (AvgIpc) is 3.67. The highest BCUT2D eigenvalue weighted by Gasteiger charge is 2.47. The van der Waals surface area contributed by atoms with E-state index in [9.17, 15) is 30.0 Å². The summed E-state index contributed by atoms with van der Waals surface area (Å²) < 4.78 is 20.4. The summed E-state index contributed by atoms with van der Waals surface area (Å²) in [4.78, 5) is 35.2. The van der Waals surface area contributed by atoms with Crippen LogP contribution in [-0.4, -0.2) is 145 Å². The molecule has 15 nitrogen and oxygen atoms in total. The Morgan fingerprint density at radius 2 is 1.80 bits per heavy atom. The van der Waals surface area contributed by atoms with Crippen molar-refractivity contribution in [2.24, 2.45) is 23.7 Å². The van der Waals surface area contributed by atoms with Gasteiger partial charge in [0.25, 0.3) is 0 Å². The number of esters is 1. The standard InChI is InChI=1S/C44H64N6O9/c1-9-38-32(25-51)19-26(2)13-14-36(52)27(3)20-30(16-18-49(8)23-33-24-50(47-46-33)35-12-10-11-31-22-45-17-15-34(31)35)43(28(4)37(53)21-39(54)58-38)59-44-42(56)40(48(6)7)41(55)29(5)57-44/h10-15,17,19,22,24,27-30,32,37-38,40-44,51,53,55-56H,9,16,18,20-21,23,25H2,1-8H3/b14-13+,26-19+/t27-,28+,29-,30+,32-,37-,38-,40?,41-,42?,43-,44+/m1/s1. The van der Waals surface area contributed by atoms with E-state index in [4.69, 9.17) is 14.2 Å². The number of hydrogen-bond donors (Lipinski definition) is 4. The SMILES string of the molecule is CC[C@H]1OC(=O)C[C@@H](O)[C@H](C)[C@@H](O[C@@H]2O[C@H](C)[C@@H](O)C(N(C)C)C2O)[C@@H](CCN(C)Cc2cn(-c3cccc4cnccc34)nn2)C[C@@H](C)C(=O)/C=C/C(C)=C/[C@@H]1CO. The van der Waals surface area contributed by atoms with Crippen molar-refractivity contribution in [3.63, 3.8) is 0 Å². The molecule has 1 saturated heterocycles. The van der Waals surface area contributed by atoms with E-state index in [0.717, 1.165) is 27.7 Å². The van der Waals surface area contributed by atoms with Crippen molar-refractivity contribution in [3.8, 4) is 5.69 Å². The number of benzene rings is 1. The quantitative estimate of drug-likeness (QED) is 0.206. The second-order valence-corrected chi connectivity index (χ2v) is 16.8. The Kier molecular flexibility index (Phi) is 16.5. The second-order valence-electron chi connectivity index (χ2n) is 16.8. The minimum absolute atomic E-state index is 0.103. The number of aliphatic hydroxyl groups is 4. The van der Waals surface area contributed by atoms with Crippen LogP contribution in [0.3, 0.4) is 0 Å². The molecule has 2 aromatic heterocycles. The third-order valence-electron chi connectivity index (χ3n) is 11.9. The van der Waals surface area contributed by atoms with E-state index in [1.165, 1.54) is 6.08 Å². The lowest BCUT2D eigenvalue weighted by Gasteiger charge is -2.46. The number of allylic oxidation sites excluding steroid dienone is 3. The first-order valence-corrected chi connectivity index (χ1v) is 20.8. The molecule has 15 heteroatoms. The van der Waals surface area contributed by atoms with Crippen molar-refractivity contribution in [2.45, 2.75) is 116 Å². The van der Waals surface area contributed by atoms with E-state index in [2.05, 4.69) is 20.2 Å². The zero-order valence-electron chi connectivity index (χ0n) is 35.7. The van der Waals surface area contributed by atoms with E-state index >= 15 is 0 Å². The lowest BCUT2D eigenvalue weighted by atomic mass is 9.79. The van der Waals surface area contributed by atoms with Gasteiger partial charge in [-0.15, -0.1) is 5.10 Å². The predicted octanol–water partition coefficient (Wildman–Crippen LogP) is 3.46. The molecule has 12 atom stereocenters. The van der Waals surface area contributed by atoms with Crippen LogP contribution in [-0.2, 0) is 30.3 Å². The topological polar surface area (TPSA) is 193 Å². The number of hydrogen-bond acceptors (Lipinski definition) is 14. The van der Waals surface area contributed by atoms with Gasteiger partial charge in [0, 0.05) is 47.5 Å². The molecule has 2 unspecified atom stereocenters. The second kappa shape index (κ2) is 21.0. The van der Waals surface area contributed by atoms with E-state index < -0.39 is 72.7 Å². The zero-order chi connectivity index (χ0) is 43.0. The fourth-order valence-electron chi connectivity index (χ4n) is 8.39. The van der Waals surface area contributed by atoms with E-state index in [0.29, 0.717) is 32.4 Å². The first kappa shape index (κ1) is 46.1. The molecule has 0 aliphatic carbocycles. The summed E-state index contributed by atoms with van der Waals surface area (Å²) in [5.41, 5.74) is 2.37. The third kappa shape index (κ3) is 11.7. The van der Waals surface area contributed by atoms with E-state index in [-0.39, 0.29) is 24.7 Å². The van der Waals surface area contributed by atoms with Gasteiger partial charge < -0.3 is 44.4 Å². The number of ether oxygens (including phenoxy) is 3. The molecule has 4 heterocycles. The van der Waals surface area contributed by atoms with Crippen LogP contribution < -0.4 is 0 Å². The van der Waals surface area contributed by atoms with Gasteiger partial charge in [-0.05, 0) is 84.9 Å². The molecule has 0 spiro atoms. The average molecular weight is 821 g/mol. The molecule has 2 aliphatic heterocycles. The summed E-state index contributed by atoms with van der Waals surface area (Å²) >= 11 is 0. The lowest BCUT2D eigenvalue weighted by molar-refractivity contribution is -0.304. The Labute approximate surface area is 347 Å². The maximum Gasteiger partial charge on any atom is 0.308 e. The highest BCUT2D eigenvalue weighted by atomic mass is 16.7. The first-order valence-electron chi connectivity index (χ1n) is 20.8. The monoisotopic (exact) mass is 820 g/mol. The van der Waals surface area contributed by atoms with Gasteiger partial charge >= 0.3 is 5.97 Å². The number of aliphatic hydroxyl groups excluding tert-OH is 4. The summed E-state index contributed by atoms with van der Waals surface area (Å²) in [6, 6.07) is 7.17. The maximum absolute atomic E-state index is 13.7. The third-order valence-corrected chi connectivity index (χ3v) is 11.9. The lowest BCUT2D eigenvalue weighted by Crippen LogP contribution is -2.63. The summed E-state index contributed by atoms with van der Waals surface area (Å²) in [6.07, 6.45) is 4.62. The number of nitrogens with zero attached hydrogens (tertiary/aromatic N) is 6. The number of cyclic esters (lactones) is 1. The number of likely N-dealkylation sites (N-methyl/N-ethyl adjacent to an activating group) is 1. The van der Waals surface area contributed by atoms with Gasteiger partial charge in [0.15, 0.2) is 12.1 Å². The maximum atomic E-state index is 13.7. The Balaban J connectivity index is 1.45. The first-order chi connectivity index (χ1) is 28.1. The molecule has 1 aromatic carbocycles. The van der Waals surface area contributed by atoms with Crippen LogP contribution >= 0.6 is 0 Å². The van der Waals surface area contributed by atoms with Crippen LogP contribution in [0.2, 0.25) is 0 Å². The molecule has 59 heavy (non-hydrogen) atoms. The van der Waals surface area contributed by atoms with E-state index in [1.807, 2.05) is 64.5 Å². The number of pyridine rings is 1. The molecule has 0 radical (unpaired) electrons. The summed E-state index contributed by atoms with van der Waals surface area (Å²) in [6.45, 7) is 9.77. The number of aromatic nitrogens is 4. The number of rotatable bonds is 11. The van der Waals surface area contributed by atoms with Crippen molar-refractivity contribution >= 4 is 22.5 Å². The Morgan fingerprint density at radius 3 is 2.51 bits per heavy atom. The van der Waals surface area contributed by atoms with Crippen LogP contribution in [0.15, 0.2) is 66.7 Å². The van der Waals surface area contributed by atoms with Gasteiger partial charge in [0.2, 0.25) is 0 Å². The highest BCUT2D eigenvalue weighted by Crippen LogP contribution is 2.35. The van der Waals surface area contributed by atoms with Gasteiger partial charge in [-0.25, -0.2) is 4.68 Å². The molecule has 4 N–H and O–H groups in total. The number of fused-ring (bicyclic) bond motifs is 1. The number of ketones is 1. The van der Waals surface area contributed by atoms with Gasteiger partial charge in [-0.1, -0.05) is 55.8 Å². The highest BCUT2D eigenvalue weighted by molar-refractivity contribution is 5.92. The molecule has 0 amide bonds. The summed E-state index contributed by atoms with van der Waals surface area (Å²) in [7, 11) is 5.49. The van der Waals surface area contributed by atoms with Gasteiger partial charge in [-0.3, -0.25) is 14.6 Å². The molecule has 5 rings (SSSR count). The summed E-state index contributed by atoms with van der Waals surface area (Å²) in [5, 5.41) is 55.4. The normalized spacial score (nSPS) is 33.2. The van der Waals surface area contributed by atoms with Crippen molar-refractivity contribution in [1.82, 2.24) is 29.8 Å². The predicted molar refractivity (Wildman–Crippen MR) is 222 cm³/mol. The van der Waals surface area contributed by atoms with Crippen molar-refractivity contribution in [3.05, 3.63) is 72.4 Å². The number of carbonyl (C=O) groups excluding carboxylic acids is 2. The Morgan fingerprint density at radius 1 is 1.03 bits per heavy atom. The van der Waals surface area contributed by atoms with Gasteiger partial charge in [-0.2, -0.15) is 0 Å². The Bertz CT molecular complexity index is 1900. The van der Waals surface area contributed by atoms with E-state index in [1.54, 1.807) is 55.9 Å². The molecule has 2 aliphatic rings. The van der Waals surface area contributed by atoms with Crippen LogP contribution in [0.4, 0.5) is 0 Å². The fraction of sp³-hybridized carbons (Fsp3) is 0.614. The van der Waals surface area contributed by atoms with Gasteiger partial charge in [0.05, 0.1) is 61.1 Å². The zero-order valence-corrected chi connectivity index (χ0v) is 35.7. The van der Waals surface area contributed by atoms with Crippen molar-refractivity contribution in [2.75, 3.05) is 34.3 Å². The molecular formula is C44H64N6O9. The minimum atomic E-state index is -1.26. The largest absolute Gasteiger partial charge is 0.462 e. The summed E-state index contributed by atoms with van der Waals surface area (Å²) in [5.74, 6) is -2.78. The molecular weight excluding hydrogens is 757 g/mol. The molecule has 1 fully saturated rings. The fourth-order valence-corrected chi connectivity index (χ4v) is 8.39. The van der Waals surface area contributed by atoms with Crippen LogP contribution in [0.1, 0.15) is 66.0 Å². The minimum Gasteiger partial charge on any atom is -0.462 e.